The van der Waals surface area contributed by atoms with Crippen LogP contribution in [0.2, 0.25) is 0 Å². The number of aromatic nitrogens is 2. The summed E-state index contributed by atoms with van der Waals surface area (Å²) in [4.78, 5) is 36.5. The molecule has 0 saturated carbocycles. The van der Waals surface area contributed by atoms with Crippen molar-refractivity contribution in [2.24, 2.45) is 0 Å². The first-order valence-corrected chi connectivity index (χ1v) is 11.8. The van der Waals surface area contributed by atoms with Gasteiger partial charge in [0.25, 0.3) is 0 Å². The van der Waals surface area contributed by atoms with Crippen molar-refractivity contribution < 1.29 is 18.7 Å². The Bertz CT molecular complexity index is 1360. The summed E-state index contributed by atoms with van der Waals surface area (Å²) in [6.45, 7) is 2.95. The van der Waals surface area contributed by atoms with Crippen LogP contribution in [0.1, 0.15) is 31.2 Å². The van der Waals surface area contributed by atoms with Gasteiger partial charge in [0.1, 0.15) is 23.9 Å². The number of fused-ring (bicyclic) bond motifs is 3. The number of ether oxygens (including phenoxy) is 1. The number of anilines is 4. The highest BCUT2D eigenvalue weighted by Gasteiger charge is 2.38. The number of benzene rings is 1. The molecule has 3 aromatic rings. The van der Waals surface area contributed by atoms with Crippen molar-refractivity contribution in [1.82, 2.24) is 9.97 Å². The third kappa shape index (κ3) is 3.77. The Balaban J connectivity index is 1.24. The molecule has 2 fully saturated rings. The number of halogens is 1. The fourth-order valence-electron chi connectivity index (χ4n) is 5.07. The van der Waals surface area contributed by atoms with E-state index in [1.807, 2.05) is 25.1 Å². The number of carbonyl (C=O) groups is 2. The molecule has 2 aromatic heterocycles. The van der Waals surface area contributed by atoms with E-state index in [0.29, 0.717) is 60.3 Å². The van der Waals surface area contributed by atoms with Gasteiger partial charge in [-0.3, -0.25) is 9.59 Å². The zero-order valence-corrected chi connectivity index (χ0v) is 19.3. The molecule has 3 aliphatic rings. The summed E-state index contributed by atoms with van der Waals surface area (Å²) < 4.78 is 20.6. The summed E-state index contributed by atoms with van der Waals surface area (Å²) in [5.74, 6) is 0.690. The van der Waals surface area contributed by atoms with Gasteiger partial charge in [-0.25, -0.2) is 14.4 Å². The third-order valence-electron chi connectivity index (χ3n) is 6.84. The summed E-state index contributed by atoms with van der Waals surface area (Å²) in [7, 11) is 0. The molecule has 8 nitrogen and oxygen atoms in total. The minimum Gasteiger partial charge on any atom is -0.474 e. The van der Waals surface area contributed by atoms with Gasteiger partial charge in [-0.05, 0) is 55.2 Å². The van der Waals surface area contributed by atoms with E-state index >= 15 is 0 Å². The number of amides is 2. The maximum Gasteiger partial charge on any atom is 0.238 e. The number of nitrogens with one attached hydrogen (secondary N) is 1. The number of aryl methyl sites for hydroxylation is 1. The molecule has 2 saturated heterocycles. The number of rotatable bonds is 4. The summed E-state index contributed by atoms with van der Waals surface area (Å²) in [6.07, 6.45) is 5.86. The molecule has 1 N–H and O–H groups in total. The highest BCUT2D eigenvalue weighted by atomic mass is 19.1. The molecule has 178 valence electrons. The van der Waals surface area contributed by atoms with Gasteiger partial charge >= 0.3 is 0 Å². The van der Waals surface area contributed by atoms with Gasteiger partial charge in [-0.15, -0.1) is 0 Å². The second-order valence-corrected chi connectivity index (χ2v) is 9.14. The molecule has 0 unspecified atom stereocenters. The van der Waals surface area contributed by atoms with Crippen molar-refractivity contribution in [2.45, 2.75) is 38.6 Å². The molecule has 0 radical (unpaired) electrons. The lowest BCUT2D eigenvalue weighted by Crippen LogP contribution is -2.40. The summed E-state index contributed by atoms with van der Waals surface area (Å²) >= 11 is 0. The second-order valence-electron chi connectivity index (χ2n) is 9.14. The molecule has 35 heavy (non-hydrogen) atoms. The van der Waals surface area contributed by atoms with Crippen molar-refractivity contribution in [3.8, 4) is 17.0 Å². The molecule has 9 heteroatoms. The molecule has 2 amide bonds. The van der Waals surface area contributed by atoms with Crippen LogP contribution in [0.5, 0.6) is 5.88 Å². The summed E-state index contributed by atoms with van der Waals surface area (Å²) in [6, 6.07) is 8.73. The highest BCUT2D eigenvalue weighted by molar-refractivity contribution is 5.98. The summed E-state index contributed by atoms with van der Waals surface area (Å²) in [5.41, 5.74) is 4.10. The van der Waals surface area contributed by atoms with Crippen LogP contribution in [0.4, 0.5) is 27.3 Å². The topological polar surface area (TPSA) is 87.7 Å². The fourth-order valence-corrected chi connectivity index (χ4v) is 5.07. The van der Waals surface area contributed by atoms with Crippen molar-refractivity contribution in [2.75, 3.05) is 28.3 Å². The van der Waals surface area contributed by atoms with Crippen LogP contribution >= 0.6 is 0 Å². The Morgan fingerprint density at radius 3 is 2.71 bits per heavy atom. The van der Waals surface area contributed by atoms with Crippen molar-refractivity contribution in [3.05, 3.63) is 54.1 Å². The Morgan fingerprint density at radius 2 is 1.94 bits per heavy atom. The molecular weight excluding hydrogens is 449 g/mol. The van der Waals surface area contributed by atoms with Crippen molar-refractivity contribution in [3.63, 3.8) is 0 Å². The monoisotopic (exact) mass is 473 g/mol. The maximum absolute atomic E-state index is 14.8. The van der Waals surface area contributed by atoms with Gasteiger partial charge in [-0.2, -0.15) is 0 Å². The molecule has 1 atom stereocenters. The van der Waals surface area contributed by atoms with Gasteiger partial charge in [0.2, 0.25) is 17.7 Å². The number of carbonyl (C=O) groups excluding carboxylic acids is 2. The van der Waals surface area contributed by atoms with Crippen molar-refractivity contribution >= 4 is 34.7 Å². The Hall–Kier alpha value is -4.01. The first-order valence-electron chi connectivity index (χ1n) is 11.8. The highest BCUT2D eigenvalue weighted by Crippen LogP contribution is 2.39. The quantitative estimate of drug-likeness (QED) is 0.606. The second kappa shape index (κ2) is 8.33. The number of hydrogen-bond donors (Lipinski definition) is 1. The van der Waals surface area contributed by atoms with Crippen LogP contribution in [-0.2, 0) is 9.59 Å². The fraction of sp³-hybridized carbons (Fsp3) is 0.308. The first kappa shape index (κ1) is 21.5. The lowest BCUT2D eigenvalue weighted by atomic mass is 10.0. The number of nitrogens with zero attached hydrogens (tertiary/aromatic N) is 4. The van der Waals surface area contributed by atoms with Crippen LogP contribution in [0.15, 0.2) is 42.7 Å². The number of hydrogen-bond acceptors (Lipinski definition) is 6. The Labute approximate surface area is 201 Å². The van der Waals surface area contributed by atoms with Crippen LogP contribution in [-0.4, -0.2) is 41.0 Å². The standard InChI is InChI=1S/C26H24FN5O3/c1-15-9-23(30-17-11-22-26(29-12-17)35-14-18-5-7-25(34)32(18)22)28-13-19(15)16-4-6-21(20(27)10-16)31-8-2-3-24(31)33/h4,6,9-13,18H,2-3,5,7-8,14H2,1H3,(H,28,30)/t18-/m0/s1. The third-order valence-corrected chi connectivity index (χ3v) is 6.84. The molecule has 0 spiro atoms. The predicted molar refractivity (Wildman–Crippen MR) is 129 cm³/mol. The van der Waals surface area contributed by atoms with Crippen molar-refractivity contribution in [1.29, 1.82) is 0 Å². The molecule has 5 heterocycles. The molecular formula is C26H24FN5O3. The average molecular weight is 474 g/mol. The van der Waals surface area contributed by atoms with E-state index in [1.165, 1.54) is 11.0 Å². The molecule has 1 aromatic carbocycles. The minimum atomic E-state index is -0.420. The smallest absolute Gasteiger partial charge is 0.238 e. The average Bonchev–Trinajstić information content (AvgIpc) is 3.44. The van der Waals surface area contributed by atoms with E-state index in [0.717, 1.165) is 24.0 Å². The number of pyridine rings is 2. The molecule has 0 aliphatic carbocycles. The Kier molecular flexibility index (Phi) is 5.12. The van der Waals surface area contributed by atoms with Crippen LogP contribution in [0, 0.1) is 12.7 Å². The molecule has 6 rings (SSSR count). The largest absolute Gasteiger partial charge is 0.474 e. The molecule has 3 aliphatic heterocycles. The van der Waals surface area contributed by atoms with E-state index in [1.54, 1.807) is 23.4 Å². The van der Waals surface area contributed by atoms with E-state index in [9.17, 15) is 14.0 Å². The zero-order chi connectivity index (χ0) is 24.1. The Morgan fingerprint density at radius 1 is 1.06 bits per heavy atom. The van der Waals surface area contributed by atoms with Crippen LogP contribution in [0.3, 0.4) is 0 Å². The van der Waals surface area contributed by atoms with E-state index in [2.05, 4.69) is 15.3 Å². The lowest BCUT2D eigenvalue weighted by Gasteiger charge is -2.31. The molecule has 0 bridgehead atoms. The van der Waals surface area contributed by atoms with Gasteiger partial charge in [0.05, 0.1) is 23.6 Å². The normalized spacial score (nSPS) is 19.0. The van der Waals surface area contributed by atoms with Gasteiger partial charge in [-0.1, -0.05) is 6.07 Å². The van der Waals surface area contributed by atoms with E-state index in [4.69, 9.17) is 4.74 Å². The lowest BCUT2D eigenvalue weighted by molar-refractivity contribution is -0.118. The summed E-state index contributed by atoms with van der Waals surface area (Å²) in [5, 5.41) is 3.25. The van der Waals surface area contributed by atoms with Gasteiger partial charge in [0, 0.05) is 31.1 Å². The van der Waals surface area contributed by atoms with Crippen LogP contribution in [0.25, 0.3) is 11.1 Å². The van der Waals surface area contributed by atoms with Crippen LogP contribution < -0.4 is 19.9 Å². The van der Waals surface area contributed by atoms with E-state index in [-0.39, 0.29) is 17.9 Å². The zero-order valence-electron chi connectivity index (χ0n) is 19.3. The SMILES string of the molecule is Cc1cc(Nc2cnc3c(c2)N2C(=O)CC[C@H]2CO3)ncc1-c1ccc(N2CCCC2=O)c(F)c1. The predicted octanol–water partition coefficient (Wildman–Crippen LogP) is 4.35. The van der Waals surface area contributed by atoms with E-state index < -0.39 is 5.82 Å². The van der Waals surface area contributed by atoms with Gasteiger partial charge < -0.3 is 19.9 Å². The first-order chi connectivity index (χ1) is 17.0. The van der Waals surface area contributed by atoms with Gasteiger partial charge in [0.15, 0.2) is 0 Å². The maximum atomic E-state index is 14.8. The minimum absolute atomic E-state index is 0.0437.